The molecule has 2 amide bonds. The zero-order valence-corrected chi connectivity index (χ0v) is 18.3. The first-order valence-corrected chi connectivity index (χ1v) is 10.8. The van der Waals surface area contributed by atoms with Crippen LogP contribution in [0.3, 0.4) is 0 Å². The van der Waals surface area contributed by atoms with Crippen molar-refractivity contribution in [1.29, 1.82) is 0 Å². The van der Waals surface area contributed by atoms with Crippen molar-refractivity contribution in [3.8, 4) is 0 Å². The number of aryl methyl sites for hydroxylation is 1. The SMILES string of the molecule is CCN(CC)C(=O)c1cccc(NC(=O)C[NH+]2CCN(c3ccccc3C)CC2)c1. The molecule has 0 spiro atoms. The second kappa shape index (κ2) is 10.3. The Hall–Kier alpha value is -2.86. The lowest BCUT2D eigenvalue weighted by Crippen LogP contribution is -3.15. The van der Waals surface area contributed by atoms with Gasteiger partial charge >= 0.3 is 0 Å². The quantitative estimate of drug-likeness (QED) is 0.734. The zero-order chi connectivity index (χ0) is 21.5. The van der Waals surface area contributed by atoms with Gasteiger partial charge in [0.1, 0.15) is 0 Å². The maximum Gasteiger partial charge on any atom is 0.279 e. The molecule has 1 aliphatic heterocycles. The molecule has 30 heavy (non-hydrogen) atoms. The first-order valence-electron chi connectivity index (χ1n) is 10.8. The number of nitrogens with zero attached hydrogens (tertiary/aromatic N) is 2. The van der Waals surface area contributed by atoms with E-state index in [2.05, 4.69) is 41.4 Å². The molecule has 1 fully saturated rings. The van der Waals surface area contributed by atoms with Crippen LogP contribution in [0.25, 0.3) is 0 Å². The number of rotatable bonds is 7. The van der Waals surface area contributed by atoms with Crippen LogP contribution in [0.5, 0.6) is 0 Å². The van der Waals surface area contributed by atoms with Gasteiger partial charge in [0.15, 0.2) is 6.54 Å². The molecule has 1 saturated heterocycles. The fraction of sp³-hybridized carbons (Fsp3) is 0.417. The van der Waals surface area contributed by atoms with E-state index in [1.165, 1.54) is 16.2 Å². The van der Waals surface area contributed by atoms with Gasteiger partial charge in [0.2, 0.25) is 0 Å². The number of quaternary nitrogens is 1. The van der Waals surface area contributed by atoms with Gasteiger partial charge in [-0.15, -0.1) is 0 Å². The lowest BCUT2D eigenvalue weighted by atomic mass is 10.1. The first-order chi connectivity index (χ1) is 14.5. The highest BCUT2D eigenvalue weighted by Gasteiger charge is 2.23. The average molecular weight is 410 g/mol. The molecule has 0 atom stereocenters. The molecule has 0 aromatic heterocycles. The number of anilines is 2. The number of benzene rings is 2. The Labute approximate surface area is 179 Å². The Morgan fingerprint density at radius 2 is 1.73 bits per heavy atom. The summed E-state index contributed by atoms with van der Waals surface area (Å²) in [5.74, 6) is -0.0177. The summed E-state index contributed by atoms with van der Waals surface area (Å²) in [5, 5.41) is 2.97. The molecule has 1 aliphatic rings. The highest BCUT2D eigenvalue weighted by Crippen LogP contribution is 2.19. The molecule has 0 aliphatic carbocycles. The van der Waals surface area contributed by atoms with E-state index in [1.54, 1.807) is 17.0 Å². The van der Waals surface area contributed by atoms with Gasteiger partial charge in [0, 0.05) is 30.0 Å². The molecule has 1 heterocycles. The minimum Gasteiger partial charge on any atom is -0.360 e. The van der Waals surface area contributed by atoms with E-state index in [0.29, 0.717) is 30.9 Å². The monoisotopic (exact) mass is 409 g/mol. The number of piperazine rings is 1. The van der Waals surface area contributed by atoms with Gasteiger partial charge in [-0.1, -0.05) is 24.3 Å². The molecule has 160 valence electrons. The molecule has 2 N–H and O–H groups in total. The van der Waals surface area contributed by atoms with Crippen molar-refractivity contribution in [3.05, 3.63) is 59.7 Å². The summed E-state index contributed by atoms with van der Waals surface area (Å²) in [5.41, 5.74) is 3.86. The van der Waals surface area contributed by atoms with Gasteiger partial charge in [-0.2, -0.15) is 0 Å². The Kier molecular flexibility index (Phi) is 7.46. The third kappa shape index (κ3) is 5.39. The second-order valence-corrected chi connectivity index (χ2v) is 7.81. The topological polar surface area (TPSA) is 57.1 Å². The van der Waals surface area contributed by atoms with Crippen LogP contribution in [0.15, 0.2) is 48.5 Å². The van der Waals surface area contributed by atoms with Gasteiger partial charge in [-0.05, 0) is 50.6 Å². The predicted octanol–water partition coefficient (Wildman–Crippen LogP) is 1.82. The maximum absolute atomic E-state index is 12.6. The van der Waals surface area contributed by atoms with Crippen molar-refractivity contribution >= 4 is 23.2 Å². The van der Waals surface area contributed by atoms with Crippen LogP contribution < -0.4 is 15.1 Å². The molecule has 0 radical (unpaired) electrons. The van der Waals surface area contributed by atoms with E-state index in [0.717, 1.165) is 26.2 Å². The van der Waals surface area contributed by atoms with Crippen molar-refractivity contribution in [2.45, 2.75) is 20.8 Å². The summed E-state index contributed by atoms with van der Waals surface area (Å²) in [7, 11) is 0. The molecule has 6 nitrogen and oxygen atoms in total. The lowest BCUT2D eigenvalue weighted by Gasteiger charge is -2.34. The molecular formula is C24H33N4O2+. The number of hydrogen-bond acceptors (Lipinski definition) is 3. The van der Waals surface area contributed by atoms with E-state index in [4.69, 9.17) is 0 Å². The van der Waals surface area contributed by atoms with E-state index in [9.17, 15) is 9.59 Å². The van der Waals surface area contributed by atoms with Crippen LogP contribution in [0.2, 0.25) is 0 Å². The molecule has 0 saturated carbocycles. The Morgan fingerprint density at radius 1 is 1.03 bits per heavy atom. The van der Waals surface area contributed by atoms with Crippen LogP contribution in [0.4, 0.5) is 11.4 Å². The van der Waals surface area contributed by atoms with Crippen molar-refractivity contribution in [3.63, 3.8) is 0 Å². The van der Waals surface area contributed by atoms with E-state index >= 15 is 0 Å². The number of carbonyl (C=O) groups is 2. The number of nitrogens with one attached hydrogen (secondary N) is 2. The number of carbonyl (C=O) groups excluding carboxylic acids is 2. The number of hydrogen-bond donors (Lipinski definition) is 2. The van der Waals surface area contributed by atoms with Gasteiger partial charge in [-0.3, -0.25) is 9.59 Å². The van der Waals surface area contributed by atoms with Gasteiger partial charge < -0.3 is 20.0 Å². The average Bonchev–Trinajstić information content (AvgIpc) is 2.75. The summed E-state index contributed by atoms with van der Waals surface area (Å²) in [6.07, 6.45) is 0. The zero-order valence-electron chi connectivity index (χ0n) is 18.3. The number of para-hydroxylation sites is 1. The Morgan fingerprint density at radius 3 is 2.40 bits per heavy atom. The standard InChI is InChI=1S/C24H32N4O2/c1-4-27(5-2)24(30)20-10-8-11-21(17-20)25-23(29)18-26-13-15-28(16-14-26)22-12-7-6-9-19(22)3/h6-12,17H,4-5,13-16,18H2,1-3H3,(H,25,29)/p+1. The molecule has 0 unspecified atom stereocenters. The van der Waals surface area contributed by atoms with Crippen LogP contribution >= 0.6 is 0 Å². The van der Waals surface area contributed by atoms with Crippen molar-refractivity contribution in [2.24, 2.45) is 0 Å². The van der Waals surface area contributed by atoms with E-state index in [-0.39, 0.29) is 11.8 Å². The van der Waals surface area contributed by atoms with Gasteiger partial charge in [0.25, 0.3) is 11.8 Å². The minimum absolute atomic E-state index is 0.00551. The maximum atomic E-state index is 12.6. The minimum atomic E-state index is -0.0122. The van der Waals surface area contributed by atoms with Crippen LogP contribution in [0, 0.1) is 6.92 Å². The third-order valence-corrected chi connectivity index (χ3v) is 5.78. The van der Waals surface area contributed by atoms with Gasteiger partial charge in [0.05, 0.1) is 26.2 Å². The highest BCUT2D eigenvalue weighted by atomic mass is 16.2. The highest BCUT2D eigenvalue weighted by molar-refractivity contribution is 5.97. The van der Waals surface area contributed by atoms with Crippen molar-refractivity contribution in [2.75, 3.05) is 56.0 Å². The van der Waals surface area contributed by atoms with Gasteiger partial charge in [-0.25, -0.2) is 0 Å². The molecule has 2 aromatic carbocycles. The summed E-state index contributed by atoms with van der Waals surface area (Å²) < 4.78 is 0. The third-order valence-electron chi connectivity index (χ3n) is 5.78. The van der Waals surface area contributed by atoms with E-state index < -0.39 is 0 Å². The fourth-order valence-corrected chi connectivity index (χ4v) is 4.01. The van der Waals surface area contributed by atoms with Crippen LogP contribution in [0.1, 0.15) is 29.8 Å². The largest absolute Gasteiger partial charge is 0.360 e. The summed E-state index contributed by atoms with van der Waals surface area (Å²) in [6.45, 7) is 11.6. The Bertz CT molecular complexity index is 871. The van der Waals surface area contributed by atoms with E-state index in [1.807, 2.05) is 26.0 Å². The normalized spacial score (nSPS) is 14.4. The van der Waals surface area contributed by atoms with Crippen LogP contribution in [-0.2, 0) is 4.79 Å². The predicted molar refractivity (Wildman–Crippen MR) is 121 cm³/mol. The van der Waals surface area contributed by atoms with Crippen LogP contribution in [-0.4, -0.2) is 62.5 Å². The molecular weight excluding hydrogens is 376 g/mol. The molecule has 6 heteroatoms. The molecule has 0 bridgehead atoms. The summed E-state index contributed by atoms with van der Waals surface area (Å²) >= 11 is 0. The van der Waals surface area contributed by atoms with Crippen molar-refractivity contribution < 1.29 is 14.5 Å². The van der Waals surface area contributed by atoms with Crippen molar-refractivity contribution in [1.82, 2.24) is 4.90 Å². The summed E-state index contributed by atoms with van der Waals surface area (Å²) in [6, 6.07) is 15.7. The molecule has 3 rings (SSSR count). The summed E-state index contributed by atoms with van der Waals surface area (Å²) in [4.78, 5) is 30.6. The lowest BCUT2D eigenvalue weighted by molar-refractivity contribution is -0.892. The number of amides is 2. The first kappa shape index (κ1) is 21.8. The molecule has 2 aromatic rings. The smallest absolute Gasteiger partial charge is 0.279 e. The Balaban J connectivity index is 1.52. The fourth-order valence-electron chi connectivity index (χ4n) is 4.01. The second-order valence-electron chi connectivity index (χ2n) is 7.81.